The number of anilines is 1. The monoisotopic (exact) mass is 251 g/mol. The Bertz CT molecular complexity index is 456. The quantitative estimate of drug-likeness (QED) is 0.826. The Balaban J connectivity index is 2.94. The molecule has 18 heavy (non-hydrogen) atoms. The van der Waals surface area contributed by atoms with Gasteiger partial charge in [0.15, 0.2) is 0 Å². The number of nitrogens with one attached hydrogen (secondary N) is 1. The van der Waals surface area contributed by atoms with Crippen molar-refractivity contribution in [1.29, 1.82) is 0 Å². The van der Waals surface area contributed by atoms with Crippen LogP contribution in [-0.2, 0) is 14.3 Å². The van der Waals surface area contributed by atoms with Crippen LogP contribution in [0.2, 0.25) is 0 Å². The highest BCUT2D eigenvalue weighted by Gasteiger charge is 2.15. The lowest BCUT2D eigenvalue weighted by molar-refractivity contribution is -0.141. The number of aryl methyl sites for hydroxylation is 1. The summed E-state index contributed by atoms with van der Waals surface area (Å²) in [5.41, 5.74) is 2.07. The molecular formula is C13H17NO4. The molecule has 0 saturated heterocycles. The van der Waals surface area contributed by atoms with E-state index in [-0.39, 0.29) is 5.97 Å². The second-order valence-electron chi connectivity index (χ2n) is 3.91. The Labute approximate surface area is 106 Å². The van der Waals surface area contributed by atoms with Crippen molar-refractivity contribution in [3.05, 3.63) is 29.3 Å². The van der Waals surface area contributed by atoms with Gasteiger partial charge >= 0.3 is 11.9 Å². The van der Waals surface area contributed by atoms with E-state index in [9.17, 15) is 9.59 Å². The molecule has 0 bridgehead atoms. The summed E-state index contributed by atoms with van der Waals surface area (Å²) in [7, 11) is 2.66. The molecule has 0 aliphatic rings. The highest BCUT2D eigenvalue weighted by molar-refractivity contribution is 5.91. The van der Waals surface area contributed by atoms with Crippen molar-refractivity contribution >= 4 is 17.6 Å². The molecule has 0 amide bonds. The molecule has 5 heteroatoms. The molecule has 0 aliphatic heterocycles. The summed E-state index contributed by atoms with van der Waals surface area (Å²) < 4.78 is 9.28. The Morgan fingerprint density at radius 2 is 1.89 bits per heavy atom. The fraction of sp³-hybridized carbons (Fsp3) is 0.385. The standard InChI is InChI=1S/C13H17NO4/c1-8-5-6-10(13(16)18-4)7-11(8)14-9(2)12(15)17-3/h5-7,9,14H,1-4H3. The van der Waals surface area contributed by atoms with Gasteiger partial charge in [0.2, 0.25) is 0 Å². The smallest absolute Gasteiger partial charge is 0.337 e. The molecule has 1 aromatic rings. The first-order chi connectivity index (χ1) is 8.49. The van der Waals surface area contributed by atoms with Crippen LogP contribution in [0.5, 0.6) is 0 Å². The summed E-state index contributed by atoms with van der Waals surface area (Å²) in [5.74, 6) is -0.776. The first-order valence-corrected chi connectivity index (χ1v) is 5.53. The lowest BCUT2D eigenvalue weighted by Gasteiger charge is -2.15. The van der Waals surface area contributed by atoms with Crippen molar-refractivity contribution in [2.45, 2.75) is 19.9 Å². The third kappa shape index (κ3) is 3.23. The molecule has 5 nitrogen and oxygen atoms in total. The van der Waals surface area contributed by atoms with E-state index in [1.54, 1.807) is 25.1 Å². The van der Waals surface area contributed by atoms with Gasteiger partial charge in [-0.25, -0.2) is 9.59 Å². The average Bonchev–Trinajstić information content (AvgIpc) is 2.39. The minimum absolute atomic E-state index is 0.363. The van der Waals surface area contributed by atoms with Crippen LogP contribution in [0.25, 0.3) is 0 Å². The van der Waals surface area contributed by atoms with Crippen LogP contribution in [0, 0.1) is 6.92 Å². The average molecular weight is 251 g/mol. The number of benzene rings is 1. The molecule has 0 radical (unpaired) electrons. The number of ether oxygens (including phenoxy) is 2. The lowest BCUT2D eigenvalue weighted by Crippen LogP contribution is -2.27. The van der Waals surface area contributed by atoms with E-state index >= 15 is 0 Å². The summed E-state index contributed by atoms with van der Waals surface area (Å²) in [6, 6.07) is 4.63. The molecule has 1 aromatic carbocycles. The fourth-order valence-electron chi connectivity index (χ4n) is 1.49. The second-order valence-corrected chi connectivity index (χ2v) is 3.91. The summed E-state index contributed by atoms with van der Waals surface area (Å²) in [4.78, 5) is 22.7. The minimum atomic E-state index is -0.485. The molecular weight excluding hydrogens is 234 g/mol. The van der Waals surface area contributed by atoms with Crippen LogP contribution < -0.4 is 5.32 Å². The van der Waals surface area contributed by atoms with Gasteiger partial charge in [0, 0.05) is 5.69 Å². The van der Waals surface area contributed by atoms with Crippen molar-refractivity contribution in [1.82, 2.24) is 0 Å². The number of hydrogen-bond acceptors (Lipinski definition) is 5. The van der Waals surface area contributed by atoms with E-state index < -0.39 is 12.0 Å². The Morgan fingerprint density at radius 3 is 2.44 bits per heavy atom. The van der Waals surface area contributed by atoms with Crippen LogP contribution in [0.1, 0.15) is 22.8 Å². The van der Waals surface area contributed by atoms with E-state index in [1.807, 2.05) is 6.92 Å². The maximum absolute atomic E-state index is 11.4. The van der Waals surface area contributed by atoms with E-state index in [0.717, 1.165) is 5.56 Å². The van der Waals surface area contributed by atoms with Gasteiger partial charge in [-0.2, -0.15) is 0 Å². The van der Waals surface area contributed by atoms with Gasteiger partial charge in [0.25, 0.3) is 0 Å². The topological polar surface area (TPSA) is 64.6 Å². The largest absolute Gasteiger partial charge is 0.467 e. The third-order valence-electron chi connectivity index (χ3n) is 2.59. The molecule has 0 heterocycles. The molecule has 0 aliphatic carbocycles. The van der Waals surface area contributed by atoms with Gasteiger partial charge in [-0.05, 0) is 31.5 Å². The molecule has 0 fully saturated rings. The molecule has 0 spiro atoms. The van der Waals surface area contributed by atoms with Crippen LogP contribution in [0.3, 0.4) is 0 Å². The lowest BCUT2D eigenvalue weighted by atomic mass is 10.1. The predicted octanol–water partition coefficient (Wildman–Crippen LogP) is 1.76. The van der Waals surface area contributed by atoms with E-state index in [1.165, 1.54) is 14.2 Å². The summed E-state index contributed by atoms with van der Waals surface area (Å²) in [6.45, 7) is 3.57. The second kappa shape index (κ2) is 6.05. The summed E-state index contributed by atoms with van der Waals surface area (Å²) in [6.07, 6.45) is 0. The van der Waals surface area contributed by atoms with Gasteiger partial charge < -0.3 is 14.8 Å². The third-order valence-corrected chi connectivity index (χ3v) is 2.59. The zero-order valence-electron chi connectivity index (χ0n) is 10.9. The highest BCUT2D eigenvalue weighted by Crippen LogP contribution is 2.18. The Kier molecular flexibility index (Phi) is 4.71. The first-order valence-electron chi connectivity index (χ1n) is 5.53. The number of carbonyl (C=O) groups is 2. The first kappa shape index (κ1) is 14.0. The van der Waals surface area contributed by atoms with Crippen molar-refractivity contribution in [2.24, 2.45) is 0 Å². The molecule has 1 N–H and O–H groups in total. The van der Waals surface area contributed by atoms with Crippen LogP contribution >= 0.6 is 0 Å². The SMILES string of the molecule is COC(=O)c1ccc(C)c(NC(C)C(=O)OC)c1. The number of hydrogen-bond donors (Lipinski definition) is 1. The van der Waals surface area contributed by atoms with Crippen LogP contribution in [0.15, 0.2) is 18.2 Å². The van der Waals surface area contributed by atoms with Crippen molar-refractivity contribution in [2.75, 3.05) is 19.5 Å². The molecule has 1 atom stereocenters. The van der Waals surface area contributed by atoms with Gasteiger partial charge in [-0.1, -0.05) is 6.07 Å². The van der Waals surface area contributed by atoms with Crippen LogP contribution in [-0.4, -0.2) is 32.2 Å². The van der Waals surface area contributed by atoms with Crippen molar-refractivity contribution < 1.29 is 19.1 Å². The van der Waals surface area contributed by atoms with Gasteiger partial charge in [-0.15, -0.1) is 0 Å². The normalized spacial score (nSPS) is 11.6. The van der Waals surface area contributed by atoms with Gasteiger partial charge in [-0.3, -0.25) is 0 Å². The molecule has 98 valence electrons. The molecule has 1 unspecified atom stereocenters. The predicted molar refractivity (Wildman–Crippen MR) is 67.6 cm³/mol. The minimum Gasteiger partial charge on any atom is -0.467 e. The molecule has 1 rings (SSSR count). The van der Waals surface area contributed by atoms with E-state index in [0.29, 0.717) is 11.3 Å². The van der Waals surface area contributed by atoms with Crippen LogP contribution in [0.4, 0.5) is 5.69 Å². The maximum Gasteiger partial charge on any atom is 0.337 e. The van der Waals surface area contributed by atoms with Crippen molar-refractivity contribution in [3.63, 3.8) is 0 Å². The Morgan fingerprint density at radius 1 is 1.22 bits per heavy atom. The molecule has 0 saturated carbocycles. The zero-order chi connectivity index (χ0) is 13.7. The van der Waals surface area contributed by atoms with E-state index in [4.69, 9.17) is 0 Å². The number of carbonyl (C=O) groups excluding carboxylic acids is 2. The maximum atomic E-state index is 11.4. The van der Waals surface area contributed by atoms with Crippen molar-refractivity contribution in [3.8, 4) is 0 Å². The molecule has 0 aromatic heterocycles. The summed E-state index contributed by atoms with van der Waals surface area (Å²) in [5, 5.41) is 3.00. The Hall–Kier alpha value is -2.04. The van der Waals surface area contributed by atoms with E-state index in [2.05, 4.69) is 14.8 Å². The zero-order valence-corrected chi connectivity index (χ0v) is 10.9. The number of methoxy groups -OCH3 is 2. The number of esters is 2. The fourth-order valence-corrected chi connectivity index (χ4v) is 1.49. The number of rotatable bonds is 4. The van der Waals surface area contributed by atoms with Gasteiger partial charge in [0.1, 0.15) is 6.04 Å². The summed E-state index contributed by atoms with van der Waals surface area (Å²) >= 11 is 0. The highest BCUT2D eigenvalue weighted by atomic mass is 16.5. The van der Waals surface area contributed by atoms with Gasteiger partial charge in [0.05, 0.1) is 19.8 Å².